The van der Waals surface area contributed by atoms with Gasteiger partial charge in [-0.05, 0) is 68.3 Å². The minimum atomic E-state index is -0.0418. The lowest BCUT2D eigenvalue weighted by Gasteiger charge is -2.14. The first kappa shape index (κ1) is 19.7. The normalized spacial score (nSPS) is 13.0. The highest BCUT2D eigenvalue weighted by molar-refractivity contribution is 5.80. The summed E-state index contributed by atoms with van der Waals surface area (Å²) in [5.41, 5.74) is 2.97. The molecular formula is C23H27N3O2. The van der Waals surface area contributed by atoms with E-state index in [4.69, 9.17) is 4.74 Å². The summed E-state index contributed by atoms with van der Waals surface area (Å²) in [6.07, 6.45) is 1.07. The van der Waals surface area contributed by atoms with Crippen LogP contribution in [0.25, 0.3) is 10.9 Å². The van der Waals surface area contributed by atoms with Gasteiger partial charge < -0.3 is 15.4 Å². The molecule has 3 aromatic rings. The number of rotatable bonds is 7. The summed E-state index contributed by atoms with van der Waals surface area (Å²) in [6, 6.07) is 18.1. The Morgan fingerprint density at radius 3 is 2.50 bits per heavy atom. The van der Waals surface area contributed by atoms with E-state index in [-0.39, 0.29) is 11.9 Å². The topological polar surface area (TPSA) is 63.2 Å². The van der Waals surface area contributed by atoms with Crippen molar-refractivity contribution in [1.82, 2.24) is 10.3 Å². The van der Waals surface area contributed by atoms with Gasteiger partial charge in [0.05, 0.1) is 11.6 Å². The molecule has 2 N–H and O–H groups in total. The second-order valence-corrected chi connectivity index (χ2v) is 7.10. The molecule has 2 unspecified atom stereocenters. The van der Waals surface area contributed by atoms with E-state index in [0.717, 1.165) is 34.3 Å². The number of benzene rings is 2. The summed E-state index contributed by atoms with van der Waals surface area (Å²) < 4.78 is 5.91. The zero-order valence-electron chi connectivity index (χ0n) is 16.8. The molecule has 2 atom stereocenters. The van der Waals surface area contributed by atoms with Crippen LogP contribution in [0.1, 0.15) is 45.7 Å². The van der Waals surface area contributed by atoms with E-state index in [1.807, 2.05) is 61.5 Å². The fourth-order valence-corrected chi connectivity index (χ4v) is 2.97. The van der Waals surface area contributed by atoms with Crippen molar-refractivity contribution in [3.63, 3.8) is 0 Å². The minimum Gasteiger partial charge on any atom is -0.439 e. The molecule has 2 aromatic carbocycles. The van der Waals surface area contributed by atoms with Crippen LogP contribution >= 0.6 is 0 Å². The number of pyridine rings is 1. The van der Waals surface area contributed by atoms with E-state index in [1.165, 1.54) is 6.92 Å². The van der Waals surface area contributed by atoms with Crippen LogP contribution in [0, 0.1) is 0 Å². The van der Waals surface area contributed by atoms with Gasteiger partial charge in [0.2, 0.25) is 11.8 Å². The molecule has 1 heterocycles. The largest absolute Gasteiger partial charge is 0.439 e. The number of amides is 1. The molecule has 0 bridgehead atoms. The molecule has 0 spiro atoms. The van der Waals surface area contributed by atoms with E-state index in [1.54, 1.807) is 0 Å². The highest BCUT2D eigenvalue weighted by atomic mass is 16.5. The van der Waals surface area contributed by atoms with Crippen LogP contribution in [-0.4, -0.2) is 16.9 Å². The average Bonchev–Trinajstić information content (AvgIpc) is 2.68. The van der Waals surface area contributed by atoms with Crippen LogP contribution in [0.2, 0.25) is 0 Å². The van der Waals surface area contributed by atoms with Gasteiger partial charge in [-0.25, -0.2) is 4.98 Å². The lowest BCUT2D eigenvalue weighted by Crippen LogP contribution is -2.23. The third-order valence-corrected chi connectivity index (χ3v) is 4.71. The first-order valence-electron chi connectivity index (χ1n) is 9.67. The van der Waals surface area contributed by atoms with E-state index in [2.05, 4.69) is 29.5 Å². The third kappa shape index (κ3) is 5.00. The van der Waals surface area contributed by atoms with Crippen molar-refractivity contribution in [2.24, 2.45) is 0 Å². The summed E-state index contributed by atoms with van der Waals surface area (Å²) in [5.74, 6) is 1.26. The molecule has 1 aromatic heterocycles. The number of carbonyl (C=O) groups excluding carboxylic acids is 1. The van der Waals surface area contributed by atoms with E-state index in [0.29, 0.717) is 11.9 Å². The molecule has 0 aliphatic heterocycles. The highest BCUT2D eigenvalue weighted by Crippen LogP contribution is 2.25. The predicted octanol–water partition coefficient (Wildman–Crippen LogP) is 5.43. The standard InChI is InChI=1S/C23H27N3O2/c1-5-15(2)24-20-8-10-21(11-9-20)28-23-13-7-19-14-18(6-12-22(19)26-23)16(3)25-17(4)27/h6-16,24H,5H2,1-4H3,(H,25,27). The maximum Gasteiger partial charge on any atom is 0.219 e. The number of ether oxygens (including phenoxy) is 1. The number of anilines is 1. The summed E-state index contributed by atoms with van der Waals surface area (Å²) in [5, 5.41) is 7.34. The molecule has 5 heteroatoms. The molecule has 3 rings (SSSR count). The average molecular weight is 377 g/mol. The molecule has 28 heavy (non-hydrogen) atoms. The Labute approximate surface area is 166 Å². The molecule has 0 aliphatic rings. The zero-order valence-corrected chi connectivity index (χ0v) is 16.8. The predicted molar refractivity (Wildman–Crippen MR) is 114 cm³/mol. The number of carbonyl (C=O) groups is 1. The molecule has 0 fully saturated rings. The van der Waals surface area contributed by atoms with Crippen molar-refractivity contribution < 1.29 is 9.53 Å². The van der Waals surface area contributed by atoms with Gasteiger partial charge >= 0.3 is 0 Å². The summed E-state index contributed by atoms with van der Waals surface area (Å²) in [7, 11) is 0. The number of hydrogen-bond donors (Lipinski definition) is 2. The maximum absolute atomic E-state index is 11.3. The van der Waals surface area contributed by atoms with Crippen LogP contribution < -0.4 is 15.4 Å². The van der Waals surface area contributed by atoms with Crippen LogP contribution in [0.4, 0.5) is 5.69 Å². The van der Waals surface area contributed by atoms with Gasteiger partial charge in [0.1, 0.15) is 5.75 Å². The van der Waals surface area contributed by atoms with Crippen molar-refractivity contribution >= 4 is 22.5 Å². The number of hydrogen-bond acceptors (Lipinski definition) is 4. The SMILES string of the molecule is CCC(C)Nc1ccc(Oc2ccc3cc(C(C)NC(C)=O)ccc3n2)cc1. The fourth-order valence-electron chi connectivity index (χ4n) is 2.97. The second kappa shape index (κ2) is 8.74. The Kier molecular flexibility index (Phi) is 6.14. The molecule has 1 amide bonds. The van der Waals surface area contributed by atoms with Crippen LogP contribution in [0.3, 0.4) is 0 Å². The zero-order chi connectivity index (χ0) is 20.1. The lowest BCUT2D eigenvalue weighted by molar-refractivity contribution is -0.119. The molecule has 0 radical (unpaired) electrons. The summed E-state index contributed by atoms with van der Waals surface area (Å²) in [4.78, 5) is 15.8. The molecular weight excluding hydrogens is 350 g/mol. The van der Waals surface area contributed by atoms with Gasteiger partial charge in [0.15, 0.2) is 0 Å². The van der Waals surface area contributed by atoms with Gasteiger partial charge in [-0.3, -0.25) is 4.79 Å². The molecule has 5 nitrogen and oxygen atoms in total. The van der Waals surface area contributed by atoms with E-state index < -0.39 is 0 Å². The minimum absolute atomic E-state index is 0.0413. The van der Waals surface area contributed by atoms with Gasteiger partial charge in [0, 0.05) is 30.1 Å². The molecule has 146 valence electrons. The third-order valence-electron chi connectivity index (χ3n) is 4.71. The number of fused-ring (bicyclic) bond motifs is 1. The van der Waals surface area contributed by atoms with Gasteiger partial charge in [-0.15, -0.1) is 0 Å². The fraction of sp³-hybridized carbons (Fsp3) is 0.304. The van der Waals surface area contributed by atoms with Crippen molar-refractivity contribution in [2.75, 3.05) is 5.32 Å². The molecule has 0 aliphatic carbocycles. The number of nitrogens with one attached hydrogen (secondary N) is 2. The lowest BCUT2D eigenvalue weighted by atomic mass is 10.1. The Morgan fingerprint density at radius 2 is 1.82 bits per heavy atom. The molecule has 0 saturated heterocycles. The van der Waals surface area contributed by atoms with Crippen molar-refractivity contribution in [2.45, 2.75) is 46.2 Å². The second-order valence-electron chi connectivity index (χ2n) is 7.10. The van der Waals surface area contributed by atoms with Gasteiger partial charge in [-0.2, -0.15) is 0 Å². The molecule has 0 saturated carbocycles. The van der Waals surface area contributed by atoms with E-state index in [9.17, 15) is 4.79 Å². The first-order chi connectivity index (χ1) is 13.4. The van der Waals surface area contributed by atoms with Crippen molar-refractivity contribution in [1.29, 1.82) is 0 Å². The van der Waals surface area contributed by atoms with Crippen molar-refractivity contribution in [3.05, 3.63) is 60.2 Å². The Hall–Kier alpha value is -3.08. The first-order valence-corrected chi connectivity index (χ1v) is 9.67. The maximum atomic E-state index is 11.3. The summed E-state index contributed by atoms with van der Waals surface area (Å²) in [6.45, 7) is 7.80. The quantitative estimate of drug-likeness (QED) is 0.576. The number of aromatic nitrogens is 1. The highest BCUT2D eigenvalue weighted by Gasteiger charge is 2.09. The van der Waals surface area contributed by atoms with Gasteiger partial charge in [0.25, 0.3) is 0 Å². The Balaban J connectivity index is 1.73. The Morgan fingerprint density at radius 1 is 1.07 bits per heavy atom. The van der Waals surface area contributed by atoms with Crippen LogP contribution in [0.5, 0.6) is 11.6 Å². The van der Waals surface area contributed by atoms with Crippen LogP contribution in [-0.2, 0) is 4.79 Å². The van der Waals surface area contributed by atoms with Crippen molar-refractivity contribution in [3.8, 4) is 11.6 Å². The smallest absolute Gasteiger partial charge is 0.219 e. The summed E-state index contributed by atoms with van der Waals surface area (Å²) >= 11 is 0. The van der Waals surface area contributed by atoms with Crippen LogP contribution in [0.15, 0.2) is 54.6 Å². The Bertz CT molecular complexity index is 954. The van der Waals surface area contributed by atoms with Gasteiger partial charge in [-0.1, -0.05) is 13.0 Å². The van der Waals surface area contributed by atoms with E-state index >= 15 is 0 Å². The monoisotopic (exact) mass is 377 g/mol. The number of nitrogens with zero attached hydrogens (tertiary/aromatic N) is 1.